The summed E-state index contributed by atoms with van der Waals surface area (Å²) < 4.78 is 0.711. The summed E-state index contributed by atoms with van der Waals surface area (Å²) in [4.78, 5) is 12.3. The maximum atomic E-state index is 5.87. The summed E-state index contributed by atoms with van der Waals surface area (Å²) >= 11 is 9.12. The Kier molecular flexibility index (Phi) is 3.28. The second-order valence-corrected chi connectivity index (χ2v) is 4.17. The lowest BCUT2D eigenvalue weighted by atomic mass is 10.2. The van der Waals surface area contributed by atoms with Crippen molar-refractivity contribution in [3.8, 4) is 0 Å². The minimum atomic E-state index is 0.439. The van der Waals surface area contributed by atoms with Crippen LogP contribution in [0.15, 0.2) is 35.2 Å². The molecule has 0 unspecified atom stereocenters. The second kappa shape index (κ2) is 4.68. The Morgan fingerprint density at radius 2 is 2.00 bits per heavy atom. The zero-order chi connectivity index (χ0) is 10.7. The number of aromatic nitrogens is 3. The topological polar surface area (TPSA) is 38.7 Å². The summed E-state index contributed by atoms with van der Waals surface area (Å²) in [5.41, 5.74) is 1.11. The molecule has 0 N–H and O–H groups in total. The molecule has 2 aromatic rings. The first kappa shape index (κ1) is 10.5. The van der Waals surface area contributed by atoms with E-state index in [0.29, 0.717) is 21.9 Å². The fourth-order valence-corrected chi connectivity index (χ4v) is 1.49. The Bertz CT molecular complexity index is 461. The summed E-state index contributed by atoms with van der Waals surface area (Å²) in [5, 5.41) is 0.439. The third-order valence-corrected chi connectivity index (χ3v) is 2.96. The van der Waals surface area contributed by atoms with E-state index in [1.807, 2.05) is 12.1 Å². The van der Waals surface area contributed by atoms with Gasteiger partial charge in [0.25, 0.3) is 0 Å². The highest BCUT2D eigenvalue weighted by molar-refractivity contribution is 9.10. The Hall–Kier alpha value is -1.00. The van der Waals surface area contributed by atoms with E-state index in [1.165, 1.54) is 0 Å². The van der Waals surface area contributed by atoms with Crippen molar-refractivity contribution in [3.05, 3.63) is 51.7 Å². The number of halogens is 2. The lowest BCUT2D eigenvalue weighted by Crippen LogP contribution is -1.96. The largest absolute Gasteiger partial charge is 0.265 e. The van der Waals surface area contributed by atoms with E-state index in [1.54, 1.807) is 18.6 Å². The summed E-state index contributed by atoms with van der Waals surface area (Å²) in [7, 11) is 0. The zero-order valence-corrected chi connectivity index (χ0v) is 10.0. The lowest BCUT2D eigenvalue weighted by molar-refractivity contribution is 0.959. The third-order valence-electron chi connectivity index (χ3n) is 1.86. The number of pyridine rings is 1. The van der Waals surface area contributed by atoms with Gasteiger partial charge >= 0.3 is 0 Å². The first-order valence-electron chi connectivity index (χ1n) is 4.31. The Morgan fingerprint density at radius 1 is 1.27 bits per heavy atom. The first-order valence-corrected chi connectivity index (χ1v) is 5.48. The average molecular weight is 285 g/mol. The standard InChI is InChI=1S/C10H7BrClN3/c11-8-6-14-9(15-10(8)12)5-7-1-3-13-4-2-7/h1-4,6H,5H2. The molecule has 0 spiro atoms. The van der Waals surface area contributed by atoms with Crippen LogP contribution in [0.2, 0.25) is 5.15 Å². The number of nitrogens with zero attached hydrogens (tertiary/aromatic N) is 3. The van der Waals surface area contributed by atoms with Gasteiger partial charge in [-0.05, 0) is 33.6 Å². The van der Waals surface area contributed by atoms with Crippen molar-refractivity contribution in [2.75, 3.05) is 0 Å². The van der Waals surface area contributed by atoms with Crippen LogP contribution < -0.4 is 0 Å². The van der Waals surface area contributed by atoms with Crippen molar-refractivity contribution in [3.63, 3.8) is 0 Å². The summed E-state index contributed by atoms with van der Waals surface area (Å²) in [6.07, 6.45) is 5.81. The molecular weight excluding hydrogens is 277 g/mol. The molecule has 0 aliphatic heterocycles. The van der Waals surface area contributed by atoms with Crippen molar-refractivity contribution in [1.29, 1.82) is 0 Å². The fraction of sp³-hybridized carbons (Fsp3) is 0.100. The molecule has 76 valence electrons. The van der Waals surface area contributed by atoms with Crippen LogP contribution in [0.4, 0.5) is 0 Å². The molecule has 0 bridgehead atoms. The van der Waals surface area contributed by atoms with Gasteiger partial charge in [-0.1, -0.05) is 11.6 Å². The van der Waals surface area contributed by atoms with Crippen LogP contribution >= 0.6 is 27.5 Å². The Morgan fingerprint density at radius 3 is 2.67 bits per heavy atom. The predicted octanol–water partition coefficient (Wildman–Crippen LogP) is 2.88. The van der Waals surface area contributed by atoms with Gasteiger partial charge in [-0.25, -0.2) is 9.97 Å². The van der Waals surface area contributed by atoms with Gasteiger partial charge in [-0.2, -0.15) is 0 Å². The molecule has 0 aliphatic rings. The molecule has 0 aromatic carbocycles. The fourth-order valence-electron chi connectivity index (χ4n) is 1.15. The summed E-state index contributed by atoms with van der Waals surface area (Å²) in [6, 6.07) is 3.86. The van der Waals surface area contributed by atoms with Gasteiger partial charge < -0.3 is 0 Å². The minimum absolute atomic E-state index is 0.439. The lowest BCUT2D eigenvalue weighted by Gasteiger charge is -2.01. The quantitative estimate of drug-likeness (QED) is 0.796. The van der Waals surface area contributed by atoms with Crippen molar-refractivity contribution in [2.45, 2.75) is 6.42 Å². The van der Waals surface area contributed by atoms with Gasteiger partial charge in [-0.15, -0.1) is 0 Å². The van der Waals surface area contributed by atoms with E-state index < -0.39 is 0 Å². The van der Waals surface area contributed by atoms with Crippen molar-refractivity contribution in [1.82, 2.24) is 15.0 Å². The van der Waals surface area contributed by atoms with Gasteiger partial charge in [0.05, 0.1) is 4.47 Å². The molecule has 2 aromatic heterocycles. The average Bonchev–Trinajstić information content (AvgIpc) is 2.25. The molecule has 3 nitrogen and oxygen atoms in total. The third kappa shape index (κ3) is 2.73. The van der Waals surface area contributed by atoms with E-state index in [9.17, 15) is 0 Å². The number of rotatable bonds is 2. The molecule has 2 heterocycles. The van der Waals surface area contributed by atoms with Crippen molar-refractivity contribution in [2.24, 2.45) is 0 Å². The molecule has 0 aliphatic carbocycles. The molecular formula is C10H7BrClN3. The van der Waals surface area contributed by atoms with Crippen molar-refractivity contribution < 1.29 is 0 Å². The normalized spacial score (nSPS) is 10.3. The molecule has 0 radical (unpaired) electrons. The van der Waals surface area contributed by atoms with Gasteiger partial charge in [0.15, 0.2) is 0 Å². The number of hydrogen-bond acceptors (Lipinski definition) is 3. The second-order valence-electron chi connectivity index (χ2n) is 2.96. The van der Waals surface area contributed by atoms with E-state index in [2.05, 4.69) is 30.9 Å². The Labute approximate surface area is 101 Å². The minimum Gasteiger partial charge on any atom is -0.265 e. The van der Waals surface area contributed by atoms with E-state index in [0.717, 1.165) is 5.56 Å². The Balaban J connectivity index is 2.22. The molecule has 15 heavy (non-hydrogen) atoms. The SMILES string of the molecule is Clc1nc(Cc2ccncc2)ncc1Br. The van der Waals surface area contributed by atoms with Crippen LogP contribution in [0.25, 0.3) is 0 Å². The smallest absolute Gasteiger partial charge is 0.146 e. The predicted molar refractivity (Wildman–Crippen MR) is 61.8 cm³/mol. The molecule has 2 rings (SSSR count). The molecule has 0 atom stereocenters. The van der Waals surface area contributed by atoms with Gasteiger partial charge in [0, 0.05) is 25.0 Å². The summed E-state index contributed by atoms with van der Waals surface area (Å²) in [5.74, 6) is 0.703. The zero-order valence-electron chi connectivity index (χ0n) is 7.69. The molecule has 0 saturated carbocycles. The van der Waals surface area contributed by atoms with Gasteiger partial charge in [0.2, 0.25) is 0 Å². The molecule has 0 amide bonds. The van der Waals surface area contributed by atoms with Gasteiger partial charge in [-0.3, -0.25) is 4.98 Å². The van der Waals surface area contributed by atoms with Crippen LogP contribution in [0.5, 0.6) is 0 Å². The van der Waals surface area contributed by atoms with Crippen LogP contribution in [-0.2, 0) is 6.42 Å². The van der Waals surface area contributed by atoms with Crippen LogP contribution in [0, 0.1) is 0 Å². The van der Waals surface area contributed by atoms with E-state index >= 15 is 0 Å². The maximum absolute atomic E-state index is 5.87. The number of hydrogen-bond donors (Lipinski definition) is 0. The highest BCUT2D eigenvalue weighted by Crippen LogP contribution is 2.18. The first-order chi connectivity index (χ1) is 7.25. The van der Waals surface area contributed by atoms with Gasteiger partial charge in [0.1, 0.15) is 11.0 Å². The van der Waals surface area contributed by atoms with Crippen LogP contribution in [-0.4, -0.2) is 15.0 Å². The summed E-state index contributed by atoms with van der Waals surface area (Å²) in [6.45, 7) is 0. The van der Waals surface area contributed by atoms with Crippen molar-refractivity contribution >= 4 is 27.5 Å². The molecule has 0 saturated heterocycles. The van der Waals surface area contributed by atoms with E-state index in [4.69, 9.17) is 11.6 Å². The highest BCUT2D eigenvalue weighted by Gasteiger charge is 2.03. The van der Waals surface area contributed by atoms with E-state index in [-0.39, 0.29) is 0 Å². The maximum Gasteiger partial charge on any atom is 0.146 e. The molecule has 5 heteroatoms. The monoisotopic (exact) mass is 283 g/mol. The van der Waals surface area contributed by atoms with Crippen LogP contribution in [0.3, 0.4) is 0 Å². The molecule has 0 fully saturated rings. The highest BCUT2D eigenvalue weighted by atomic mass is 79.9. The van der Waals surface area contributed by atoms with Crippen LogP contribution in [0.1, 0.15) is 11.4 Å².